The second kappa shape index (κ2) is 19.8. The summed E-state index contributed by atoms with van der Waals surface area (Å²) in [5, 5.41) is 53.9. The molecule has 2 aromatic heterocycles. The first-order valence-electron chi connectivity index (χ1n) is 23.8. The first-order valence-corrected chi connectivity index (χ1v) is 23.8. The molecule has 11 nitrogen and oxygen atoms in total. The fourth-order valence-corrected chi connectivity index (χ4v) is 10.0. The third-order valence-corrected chi connectivity index (χ3v) is 13.4. The zero-order valence-corrected chi connectivity index (χ0v) is 40.3. The molecule has 0 saturated carbocycles. The summed E-state index contributed by atoms with van der Waals surface area (Å²) in [5.74, 6) is 0.388. The van der Waals surface area contributed by atoms with E-state index in [0.717, 1.165) is 11.1 Å². The lowest BCUT2D eigenvalue weighted by atomic mass is 9.89. The summed E-state index contributed by atoms with van der Waals surface area (Å²) >= 11 is 0. The molecule has 77 heavy (non-hydrogen) atoms. The SMILES string of the molecule is [C-]#[N+]c1cc(C#N)c(-c2ccc3c(c2)c2cc(-c4c(C#N)cc(C#N)cc4[N+]#[C-])ccc2n3-c2c(-c3ccccc3C#N)cc(-c3nc(-c4ccccc4)cc(-c4ccccc4)n3)cc2-c2ccccc2C#N)c([N+]#[C-])c1. The number of hydrogen-bond donors (Lipinski definition) is 0. The second-order valence-electron chi connectivity index (χ2n) is 17.7. The molecule has 0 fully saturated rings. The van der Waals surface area contributed by atoms with Crippen molar-refractivity contribution in [2.45, 2.75) is 0 Å². The van der Waals surface area contributed by atoms with E-state index < -0.39 is 0 Å². The molecule has 0 aliphatic rings. The second-order valence-corrected chi connectivity index (χ2v) is 17.7. The summed E-state index contributed by atoms with van der Waals surface area (Å²) in [6.07, 6.45) is 0. The van der Waals surface area contributed by atoms with Crippen molar-refractivity contribution in [3.05, 3.63) is 250 Å². The average molecular weight is 978 g/mol. The Bertz CT molecular complexity index is 4310. The molecule has 0 unspecified atom stereocenters. The lowest BCUT2D eigenvalue weighted by Gasteiger charge is -2.22. The Morgan fingerprint density at radius 2 is 0.844 bits per heavy atom. The monoisotopic (exact) mass is 977 g/mol. The molecule has 0 saturated heterocycles. The fraction of sp³-hybridized carbons (Fsp3) is 0. The molecule has 11 rings (SSSR count). The summed E-state index contributed by atoms with van der Waals surface area (Å²) in [6.45, 7) is 24.0. The minimum absolute atomic E-state index is 0.111. The van der Waals surface area contributed by atoms with Crippen LogP contribution in [0.2, 0.25) is 0 Å². The molecule has 11 aromatic rings. The van der Waals surface area contributed by atoms with Crippen LogP contribution in [0.3, 0.4) is 0 Å². The lowest BCUT2D eigenvalue weighted by molar-refractivity contribution is 1.16. The van der Waals surface area contributed by atoms with Crippen molar-refractivity contribution in [3.63, 3.8) is 0 Å². The highest BCUT2D eigenvalue weighted by atomic mass is 15.0. The van der Waals surface area contributed by atoms with Gasteiger partial charge in [-0.2, -0.15) is 26.3 Å². The lowest BCUT2D eigenvalue weighted by Crippen LogP contribution is -2.04. The number of rotatable bonds is 8. The zero-order valence-electron chi connectivity index (χ0n) is 40.3. The Hall–Kier alpha value is -12.2. The van der Waals surface area contributed by atoms with E-state index in [1.807, 2.05) is 140 Å². The quantitative estimate of drug-likeness (QED) is 0.137. The Kier molecular flexibility index (Phi) is 12.1. The standard InChI is InChI=1S/C66H31N11/c1-72-50-28-49(39-71)64(60(33-50)74-3)44-23-25-62-54(30-44)53-29-43(63-48(38-70)26-40(35-67)27-59(63)73-2)22-24-61(53)77(62)65-55(51-20-12-10-18-45(51)36-68)31-47(32-56(65)52-21-13-11-19-46(52)37-69)66-75-57(41-14-6-4-7-15-41)34-58(76-66)42-16-8-5-9-17-42/h4-34H. The maximum absolute atomic E-state index is 10.9. The van der Waals surface area contributed by atoms with Gasteiger partial charge in [0, 0.05) is 72.0 Å². The van der Waals surface area contributed by atoms with Gasteiger partial charge in [-0.25, -0.2) is 24.5 Å². The van der Waals surface area contributed by atoms with Crippen LogP contribution in [0.15, 0.2) is 188 Å². The molecule has 0 atom stereocenters. The van der Waals surface area contributed by atoms with Crippen molar-refractivity contribution in [1.29, 1.82) is 26.3 Å². The summed E-state index contributed by atoms with van der Waals surface area (Å²) < 4.78 is 2.06. The Morgan fingerprint density at radius 3 is 1.31 bits per heavy atom. The Morgan fingerprint density at radius 1 is 0.377 bits per heavy atom. The third-order valence-electron chi connectivity index (χ3n) is 13.4. The smallest absolute Gasteiger partial charge is 0.197 e. The van der Waals surface area contributed by atoms with Gasteiger partial charge in [-0.05, 0) is 83.9 Å². The minimum atomic E-state index is 0.111. The topological polar surface area (TPSA) is 163 Å². The normalized spacial score (nSPS) is 10.5. The molecular formula is C66H31N11. The first kappa shape index (κ1) is 47.1. The van der Waals surface area contributed by atoms with Gasteiger partial charge in [0.25, 0.3) is 0 Å². The van der Waals surface area contributed by atoms with Gasteiger partial charge in [-0.3, -0.25) is 0 Å². The van der Waals surface area contributed by atoms with Gasteiger partial charge in [0.05, 0.1) is 94.9 Å². The van der Waals surface area contributed by atoms with E-state index in [1.165, 1.54) is 24.3 Å². The van der Waals surface area contributed by atoms with E-state index in [2.05, 4.69) is 49.4 Å². The van der Waals surface area contributed by atoms with Gasteiger partial charge >= 0.3 is 0 Å². The Labute approximate surface area is 442 Å². The summed E-state index contributed by atoms with van der Waals surface area (Å²) in [5.41, 5.74) is 11.2. The number of aromatic nitrogens is 3. The van der Waals surface area contributed by atoms with Crippen LogP contribution in [0, 0.1) is 76.4 Å². The van der Waals surface area contributed by atoms with Gasteiger partial charge in [0.2, 0.25) is 0 Å². The van der Waals surface area contributed by atoms with E-state index in [9.17, 15) is 26.3 Å². The predicted molar refractivity (Wildman–Crippen MR) is 297 cm³/mol. The summed E-state index contributed by atoms with van der Waals surface area (Å²) in [4.78, 5) is 21.5. The molecule has 0 aliphatic carbocycles. The molecule has 2 heterocycles. The molecule has 11 heteroatoms. The van der Waals surface area contributed by atoms with E-state index in [0.29, 0.717) is 106 Å². The van der Waals surface area contributed by atoms with Gasteiger partial charge < -0.3 is 4.57 Å². The first-order chi connectivity index (χ1) is 37.8. The summed E-state index contributed by atoms with van der Waals surface area (Å²) in [7, 11) is 0. The van der Waals surface area contributed by atoms with Crippen molar-refractivity contribution < 1.29 is 0 Å². The molecule has 0 amide bonds. The number of nitriles is 5. The third kappa shape index (κ3) is 8.25. The van der Waals surface area contributed by atoms with Crippen molar-refractivity contribution in [1.82, 2.24) is 14.5 Å². The highest BCUT2D eigenvalue weighted by Crippen LogP contribution is 2.48. The minimum Gasteiger partial charge on any atom is -0.308 e. The van der Waals surface area contributed by atoms with Crippen molar-refractivity contribution in [3.8, 4) is 114 Å². The van der Waals surface area contributed by atoms with E-state index in [1.54, 1.807) is 24.3 Å². The highest BCUT2D eigenvalue weighted by molar-refractivity contribution is 6.14. The molecule has 0 spiro atoms. The molecule has 0 aliphatic heterocycles. The number of hydrogen-bond acceptors (Lipinski definition) is 7. The van der Waals surface area contributed by atoms with Crippen molar-refractivity contribution >= 4 is 38.9 Å². The van der Waals surface area contributed by atoms with E-state index in [4.69, 9.17) is 29.7 Å². The maximum atomic E-state index is 10.9. The van der Waals surface area contributed by atoms with Gasteiger partial charge in [0.1, 0.15) is 0 Å². The van der Waals surface area contributed by atoms with Crippen LogP contribution in [-0.4, -0.2) is 14.5 Å². The van der Waals surface area contributed by atoms with Crippen LogP contribution in [0.4, 0.5) is 17.1 Å². The molecule has 9 aromatic carbocycles. The van der Waals surface area contributed by atoms with Crippen LogP contribution in [0.25, 0.3) is 120 Å². The number of benzene rings is 9. The van der Waals surface area contributed by atoms with Crippen molar-refractivity contribution in [2.24, 2.45) is 0 Å². The molecule has 0 bridgehead atoms. The summed E-state index contributed by atoms with van der Waals surface area (Å²) in [6, 6.07) is 68.5. The number of fused-ring (bicyclic) bond motifs is 3. The van der Waals surface area contributed by atoms with Gasteiger partial charge in [-0.15, -0.1) is 0 Å². The highest BCUT2D eigenvalue weighted by Gasteiger charge is 2.27. The van der Waals surface area contributed by atoms with Gasteiger partial charge in [0.15, 0.2) is 22.9 Å². The van der Waals surface area contributed by atoms with E-state index in [-0.39, 0.29) is 33.8 Å². The van der Waals surface area contributed by atoms with Crippen LogP contribution in [0.1, 0.15) is 27.8 Å². The Balaban J connectivity index is 1.31. The molecular weight excluding hydrogens is 947 g/mol. The molecule has 350 valence electrons. The predicted octanol–water partition coefficient (Wildman–Crippen LogP) is 16.3. The van der Waals surface area contributed by atoms with Crippen molar-refractivity contribution in [2.75, 3.05) is 0 Å². The van der Waals surface area contributed by atoms with E-state index >= 15 is 0 Å². The average Bonchev–Trinajstić information content (AvgIpc) is 3.87. The molecule has 0 radical (unpaired) electrons. The van der Waals surface area contributed by atoms with Crippen LogP contribution < -0.4 is 0 Å². The number of nitrogens with zero attached hydrogens (tertiary/aromatic N) is 11. The fourth-order valence-electron chi connectivity index (χ4n) is 10.0. The zero-order chi connectivity index (χ0) is 53.2. The van der Waals surface area contributed by atoms with Gasteiger partial charge in [-0.1, -0.05) is 115 Å². The molecule has 0 N–H and O–H groups in total. The maximum Gasteiger partial charge on any atom is 0.197 e. The van der Waals surface area contributed by atoms with Crippen LogP contribution >= 0.6 is 0 Å². The van der Waals surface area contributed by atoms with Crippen LogP contribution in [0.5, 0.6) is 0 Å². The van der Waals surface area contributed by atoms with Crippen LogP contribution in [-0.2, 0) is 0 Å². The largest absolute Gasteiger partial charge is 0.308 e.